The maximum Gasteiger partial charge on any atom is 0.241 e. The van der Waals surface area contributed by atoms with Gasteiger partial charge in [0.25, 0.3) is 0 Å². The zero-order chi connectivity index (χ0) is 22.6. The molecule has 3 heterocycles. The van der Waals surface area contributed by atoms with E-state index in [0.717, 1.165) is 34.9 Å². The van der Waals surface area contributed by atoms with E-state index in [1.807, 2.05) is 52.7 Å². The normalized spacial score (nSPS) is 14.5. The summed E-state index contributed by atoms with van der Waals surface area (Å²) in [4.78, 5) is 26.0. The summed E-state index contributed by atoms with van der Waals surface area (Å²) in [5, 5.41) is 7.66. The Morgan fingerprint density at radius 1 is 0.970 bits per heavy atom. The predicted octanol–water partition coefficient (Wildman–Crippen LogP) is 4.40. The number of amides is 1. The Balaban J connectivity index is 1.12. The molecule has 2 aromatic heterocycles. The van der Waals surface area contributed by atoms with Gasteiger partial charge in [-0.25, -0.2) is 4.98 Å². The summed E-state index contributed by atoms with van der Waals surface area (Å²) in [7, 11) is 0. The van der Waals surface area contributed by atoms with Crippen LogP contribution < -0.4 is 0 Å². The predicted molar refractivity (Wildman–Crippen MR) is 128 cm³/mol. The highest BCUT2D eigenvalue weighted by atomic mass is 35.5. The molecule has 9 heteroatoms. The van der Waals surface area contributed by atoms with E-state index in [1.54, 1.807) is 23.5 Å². The van der Waals surface area contributed by atoms with Gasteiger partial charge in [-0.3, -0.25) is 9.69 Å². The molecule has 0 N–H and O–H groups in total. The van der Waals surface area contributed by atoms with Crippen LogP contribution in [0.2, 0.25) is 5.02 Å². The van der Waals surface area contributed by atoms with Gasteiger partial charge in [-0.2, -0.15) is 4.98 Å². The molecule has 0 unspecified atom stereocenters. The minimum atomic E-state index is 0.113. The van der Waals surface area contributed by atoms with Gasteiger partial charge in [-0.05, 0) is 24.3 Å². The molecule has 7 nitrogen and oxygen atoms in total. The fourth-order valence-electron chi connectivity index (χ4n) is 3.75. The molecule has 1 aliphatic heterocycles. The highest BCUT2D eigenvalue weighted by Gasteiger charge is 2.23. The minimum absolute atomic E-state index is 0.113. The molecular weight excluding hydrogens is 458 g/mol. The summed E-state index contributed by atoms with van der Waals surface area (Å²) in [6.07, 6.45) is 0.331. The minimum Gasteiger partial charge on any atom is -0.340 e. The van der Waals surface area contributed by atoms with Crippen molar-refractivity contribution in [3.63, 3.8) is 0 Å². The van der Waals surface area contributed by atoms with Crippen LogP contribution >= 0.6 is 22.9 Å². The number of hydrogen-bond acceptors (Lipinski definition) is 7. The van der Waals surface area contributed by atoms with Gasteiger partial charge >= 0.3 is 0 Å². The maximum atomic E-state index is 12.8. The molecule has 1 fully saturated rings. The van der Waals surface area contributed by atoms with Crippen LogP contribution in [0.15, 0.2) is 64.5 Å². The molecule has 0 atom stereocenters. The molecule has 0 radical (unpaired) electrons. The van der Waals surface area contributed by atoms with Crippen LogP contribution in [0, 0.1) is 0 Å². The molecule has 0 spiro atoms. The van der Waals surface area contributed by atoms with Crippen LogP contribution in [0.4, 0.5) is 0 Å². The molecule has 0 aliphatic carbocycles. The molecule has 33 heavy (non-hydrogen) atoms. The average molecular weight is 480 g/mol. The number of carbonyl (C=O) groups is 1. The van der Waals surface area contributed by atoms with Crippen LogP contribution in [-0.2, 0) is 17.8 Å². The maximum absolute atomic E-state index is 12.8. The standard InChI is InChI=1S/C24H22ClN5O2S/c25-19-8-6-17(7-9-19)23-27-21(32-28-23)15-29-10-12-30(13-11-29)22(31)14-20-16-33-24(26-20)18-4-2-1-3-5-18/h1-9,16H,10-15H2. The van der Waals surface area contributed by atoms with Gasteiger partial charge in [0.1, 0.15) is 5.01 Å². The SMILES string of the molecule is O=C(Cc1csc(-c2ccccc2)n1)N1CCN(Cc2nc(-c3ccc(Cl)cc3)no2)CC1. The van der Waals surface area contributed by atoms with Crippen molar-refractivity contribution in [2.24, 2.45) is 0 Å². The van der Waals surface area contributed by atoms with Crippen molar-refractivity contribution < 1.29 is 9.32 Å². The van der Waals surface area contributed by atoms with E-state index in [0.29, 0.717) is 42.8 Å². The average Bonchev–Trinajstić information content (AvgIpc) is 3.51. The first-order valence-corrected chi connectivity index (χ1v) is 12.0. The van der Waals surface area contributed by atoms with Gasteiger partial charge in [0.05, 0.1) is 18.7 Å². The number of hydrogen-bond donors (Lipinski definition) is 0. The lowest BCUT2D eigenvalue weighted by molar-refractivity contribution is -0.132. The smallest absolute Gasteiger partial charge is 0.241 e. The van der Waals surface area contributed by atoms with E-state index in [9.17, 15) is 4.79 Å². The molecule has 1 aliphatic rings. The van der Waals surface area contributed by atoms with Crippen molar-refractivity contribution in [2.75, 3.05) is 26.2 Å². The summed E-state index contributed by atoms with van der Waals surface area (Å²) in [5.41, 5.74) is 2.77. The first-order valence-electron chi connectivity index (χ1n) is 10.7. The lowest BCUT2D eigenvalue weighted by atomic mass is 10.2. The third kappa shape index (κ3) is 5.30. The molecule has 1 amide bonds. The molecule has 4 aromatic rings. The molecule has 2 aromatic carbocycles. The summed E-state index contributed by atoms with van der Waals surface area (Å²) < 4.78 is 5.42. The Hall–Kier alpha value is -3.07. The first kappa shape index (κ1) is 21.8. The Morgan fingerprint density at radius 3 is 2.48 bits per heavy atom. The van der Waals surface area contributed by atoms with Gasteiger partial charge in [0, 0.05) is 47.7 Å². The van der Waals surface area contributed by atoms with Crippen LogP contribution in [0.1, 0.15) is 11.6 Å². The van der Waals surface area contributed by atoms with Crippen LogP contribution in [-0.4, -0.2) is 57.0 Å². The monoisotopic (exact) mass is 479 g/mol. The van der Waals surface area contributed by atoms with Gasteiger partial charge in [-0.15, -0.1) is 11.3 Å². The second kappa shape index (κ2) is 9.82. The summed E-state index contributed by atoms with van der Waals surface area (Å²) >= 11 is 7.51. The Kier molecular flexibility index (Phi) is 6.48. The van der Waals surface area contributed by atoms with E-state index in [2.05, 4.69) is 20.0 Å². The fourth-order valence-corrected chi connectivity index (χ4v) is 4.70. The molecule has 168 valence electrons. The van der Waals surface area contributed by atoms with Crippen molar-refractivity contribution in [3.05, 3.63) is 76.6 Å². The topological polar surface area (TPSA) is 75.4 Å². The summed E-state index contributed by atoms with van der Waals surface area (Å²) in [6, 6.07) is 17.4. The fraction of sp³-hybridized carbons (Fsp3) is 0.250. The number of rotatable bonds is 6. The third-order valence-electron chi connectivity index (χ3n) is 5.56. The van der Waals surface area contributed by atoms with E-state index in [-0.39, 0.29) is 5.91 Å². The number of nitrogens with zero attached hydrogens (tertiary/aromatic N) is 5. The highest BCUT2D eigenvalue weighted by molar-refractivity contribution is 7.13. The molecule has 1 saturated heterocycles. The van der Waals surface area contributed by atoms with E-state index in [1.165, 1.54) is 0 Å². The third-order valence-corrected chi connectivity index (χ3v) is 6.75. The number of thiazole rings is 1. The zero-order valence-corrected chi connectivity index (χ0v) is 19.4. The summed E-state index contributed by atoms with van der Waals surface area (Å²) in [6.45, 7) is 3.43. The Bertz CT molecular complexity index is 1220. The van der Waals surface area contributed by atoms with Gasteiger partial charge in [0.15, 0.2) is 0 Å². The van der Waals surface area contributed by atoms with Crippen LogP contribution in [0.3, 0.4) is 0 Å². The highest BCUT2D eigenvalue weighted by Crippen LogP contribution is 2.24. The summed E-state index contributed by atoms with van der Waals surface area (Å²) in [5.74, 6) is 1.23. The number of carbonyl (C=O) groups excluding carboxylic acids is 1. The van der Waals surface area contributed by atoms with Crippen molar-refractivity contribution in [1.29, 1.82) is 0 Å². The van der Waals surface area contributed by atoms with Crippen molar-refractivity contribution >= 4 is 28.8 Å². The van der Waals surface area contributed by atoms with Gasteiger partial charge in [0.2, 0.25) is 17.6 Å². The Labute approximate surface area is 200 Å². The first-order chi connectivity index (χ1) is 16.1. The van der Waals surface area contributed by atoms with Crippen LogP contribution in [0.25, 0.3) is 22.0 Å². The van der Waals surface area contributed by atoms with Crippen molar-refractivity contribution in [3.8, 4) is 22.0 Å². The number of piperazine rings is 1. The molecule has 0 bridgehead atoms. The van der Waals surface area contributed by atoms with Crippen LogP contribution in [0.5, 0.6) is 0 Å². The lowest BCUT2D eigenvalue weighted by Crippen LogP contribution is -2.48. The van der Waals surface area contributed by atoms with E-state index >= 15 is 0 Å². The quantitative estimate of drug-likeness (QED) is 0.408. The van der Waals surface area contributed by atoms with Crippen molar-refractivity contribution in [2.45, 2.75) is 13.0 Å². The van der Waals surface area contributed by atoms with Gasteiger partial charge in [-0.1, -0.05) is 47.1 Å². The molecular formula is C24H22ClN5O2S. The van der Waals surface area contributed by atoms with E-state index in [4.69, 9.17) is 16.1 Å². The number of aromatic nitrogens is 3. The number of benzene rings is 2. The largest absolute Gasteiger partial charge is 0.340 e. The second-order valence-corrected chi connectivity index (χ2v) is 9.16. The number of halogens is 1. The second-order valence-electron chi connectivity index (χ2n) is 7.86. The Morgan fingerprint density at radius 2 is 1.73 bits per heavy atom. The van der Waals surface area contributed by atoms with E-state index < -0.39 is 0 Å². The van der Waals surface area contributed by atoms with Crippen molar-refractivity contribution in [1.82, 2.24) is 24.9 Å². The molecule has 5 rings (SSSR count). The lowest BCUT2D eigenvalue weighted by Gasteiger charge is -2.33. The molecule has 0 saturated carbocycles. The zero-order valence-electron chi connectivity index (χ0n) is 17.9. The van der Waals surface area contributed by atoms with Gasteiger partial charge < -0.3 is 9.42 Å².